The molecule has 0 bridgehead atoms. The lowest BCUT2D eigenvalue weighted by Gasteiger charge is -2.09. The number of ether oxygens (including phenoxy) is 1. The molecule has 3 aromatic rings. The second kappa shape index (κ2) is 7.14. The first-order chi connectivity index (χ1) is 12.0. The lowest BCUT2D eigenvalue weighted by molar-refractivity contribution is 0.0520. The van der Waals surface area contributed by atoms with Gasteiger partial charge < -0.3 is 4.74 Å². The Morgan fingerprint density at radius 2 is 1.80 bits per heavy atom. The molecule has 2 aromatic carbocycles. The number of imidazole rings is 1. The van der Waals surface area contributed by atoms with Crippen molar-refractivity contribution in [3.63, 3.8) is 0 Å². The second-order valence-corrected chi connectivity index (χ2v) is 6.03. The minimum Gasteiger partial charge on any atom is -0.461 e. The van der Waals surface area contributed by atoms with Gasteiger partial charge in [-0.15, -0.1) is 0 Å². The zero-order valence-electron chi connectivity index (χ0n) is 13.2. The second-order valence-electron chi connectivity index (χ2n) is 5.11. The van der Waals surface area contributed by atoms with Gasteiger partial charge in [-0.05, 0) is 43.3 Å². The maximum absolute atomic E-state index is 14.2. The Labute approximate surface area is 151 Å². The Balaban J connectivity index is 2.22. The predicted octanol–water partition coefficient (Wildman–Crippen LogP) is 4.76. The minimum absolute atomic E-state index is 0.0130. The zero-order valence-corrected chi connectivity index (χ0v) is 14.8. The van der Waals surface area contributed by atoms with E-state index in [-0.39, 0.29) is 23.7 Å². The van der Waals surface area contributed by atoms with Crippen molar-refractivity contribution in [2.75, 3.05) is 6.61 Å². The van der Waals surface area contributed by atoms with Crippen molar-refractivity contribution >= 4 is 21.9 Å². The first kappa shape index (κ1) is 17.3. The molecule has 3 rings (SSSR count). The van der Waals surface area contributed by atoms with Crippen LogP contribution in [0.15, 0.2) is 53.1 Å². The molecular weight excluding hydrogens is 394 g/mol. The third-order valence-electron chi connectivity index (χ3n) is 3.48. The molecule has 0 N–H and O–H groups in total. The van der Waals surface area contributed by atoms with Crippen LogP contribution in [0.4, 0.5) is 8.78 Å². The van der Waals surface area contributed by atoms with Gasteiger partial charge in [-0.3, -0.25) is 4.57 Å². The molecule has 0 saturated carbocycles. The Bertz CT molecular complexity index is 903. The van der Waals surface area contributed by atoms with Crippen LogP contribution in [-0.4, -0.2) is 22.1 Å². The Morgan fingerprint density at radius 1 is 1.16 bits per heavy atom. The van der Waals surface area contributed by atoms with Crippen LogP contribution >= 0.6 is 15.9 Å². The summed E-state index contributed by atoms with van der Waals surface area (Å²) in [4.78, 5) is 16.1. The van der Waals surface area contributed by atoms with Crippen LogP contribution in [0.2, 0.25) is 0 Å². The van der Waals surface area contributed by atoms with Crippen LogP contribution in [-0.2, 0) is 4.74 Å². The van der Waals surface area contributed by atoms with Crippen LogP contribution in [0.25, 0.3) is 17.1 Å². The number of rotatable bonds is 4. The molecule has 0 aliphatic heterocycles. The van der Waals surface area contributed by atoms with Crippen LogP contribution in [0.3, 0.4) is 0 Å². The van der Waals surface area contributed by atoms with Gasteiger partial charge >= 0.3 is 5.97 Å². The maximum atomic E-state index is 14.2. The van der Waals surface area contributed by atoms with Crippen molar-refractivity contribution in [3.8, 4) is 17.1 Å². The summed E-state index contributed by atoms with van der Waals surface area (Å²) < 4.78 is 35.7. The molecule has 1 aromatic heterocycles. The molecule has 1 heterocycles. The Kier molecular flexibility index (Phi) is 4.94. The monoisotopic (exact) mass is 406 g/mol. The quantitative estimate of drug-likeness (QED) is 0.586. The highest BCUT2D eigenvalue weighted by Gasteiger charge is 2.22. The summed E-state index contributed by atoms with van der Waals surface area (Å²) in [5, 5.41) is 0. The zero-order chi connectivity index (χ0) is 18.0. The van der Waals surface area contributed by atoms with E-state index in [0.717, 1.165) is 16.6 Å². The van der Waals surface area contributed by atoms with E-state index in [9.17, 15) is 13.6 Å². The molecule has 0 aliphatic carbocycles. The van der Waals surface area contributed by atoms with Crippen molar-refractivity contribution < 1.29 is 18.3 Å². The highest BCUT2D eigenvalue weighted by Crippen LogP contribution is 2.28. The molecule has 0 amide bonds. The van der Waals surface area contributed by atoms with E-state index in [1.165, 1.54) is 16.8 Å². The van der Waals surface area contributed by atoms with Gasteiger partial charge in [0.05, 0.1) is 12.2 Å². The molecule has 0 atom stereocenters. The van der Waals surface area contributed by atoms with Crippen LogP contribution in [0, 0.1) is 11.6 Å². The number of esters is 1. The summed E-state index contributed by atoms with van der Waals surface area (Å²) in [7, 11) is 0. The molecule has 0 aliphatic rings. The van der Waals surface area contributed by atoms with Gasteiger partial charge in [-0.1, -0.05) is 22.0 Å². The summed E-state index contributed by atoms with van der Waals surface area (Å²) in [6, 6.07) is 10.6. The number of carbonyl (C=O) groups is 1. The van der Waals surface area contributed by atoms with Crippen molar-refractivity contribution in [3.05, 3.63) is 70.5 Å². The van der Waals surface area contributed by atoms with Crippen molar-refractivity contribution in [2.24, 2.45) is 0 Å². The average Bonchev–Trinajstić information content (AvgIpc) is 3.01. The van der Waals surface area contributed by atoms with E-state index in [1.807, 2.05) is 0 Å². The topological polar surface area (TPSA) is 44.1 Å². The molecule has 128 valence electrons. The minimum atomic E-state index is -0.764. The van der Waals surface area contributed by atoms with Gasteiger partial charge in [0.1, 0.15) is 11.6 Å². The largest absolute Gasteiger partial charge is 0.461 e. The summed E-state index contributed by atoms with van der Waals surface area (Å²) in [5.74, 6) is -2.20. The lowest BCUT2D eigenvalue weighted by Crippen LogP contribution is -2.04. The first-order valence-electron chi connectivity index (χ1n) is 7.48. The SMILES string of the molecule is CCOC(=O)c1cn(-c2ccc(Br)cc2)c(-c2c(F)cccc2F)n1. The third-order valence-corrected chi connectivity index (χ3v) is 4.01. The molecule has 4 nitrogen and oxygen atoms in total. The lowest BCUT2D eigenvalue weighted by atomic mass is 10.2. The van der Waals surface area contributed by atoms with E-state index in [0.29, 0.717) is 5.69 Å². The first-order valence-corrected chi connectivity index (χ1v) is 8.27. The van der Waals surface area contributed by atoms with Gasteiger partial charge in [0.15, 0.2) is 11.5 Å². The molecular formula is C18H13BrF2N2O2. The molecule has 0 fully saturated rings. The molecule has 25 heavy (non-hydrogen) atoms. The molecule has 0 radical (unpaired) electrons. The number of nitrogens with zero attached hydrogens (tertiary/aromatic N) is 2. The number of carbonyl (C=O) groups excluding carboxylic acids is 1. The number of hydrogen-bond acceptors (Lipinski definition) is 3. The number of benzene rings is 2. The highest BCUT2D eigenvalue weighted by molar-refractivity contribution is 9.10. The normalized spacial score (nSPS) is 10.7. The van der Waals surface area contributed by atoms with Crippen LogP contribution in [0.5, 0.6) is 0 Å². The van der Waals surface area contributed by atoms with E-state index in [4.69, 9.17) is 4.74 Å². The fourth-order valence-electron chi connectivity index (χ4n) is 2.37. The Morgan fingerprint density at radius 3 is 2.40 bits per heavy atom. The van der Waals surface area contributed by atoms with Gasteiger partial charge in [-0.2, -0.15) is 0 Å². The van der Waals surface area contributed by atoms with Gasteiger partial charge in [0.25, 0.3) is 0 Å². The smallest absolute Gasteiger partial charge is 0.358 e. The Hall–Kier alpha value is -2.54. The highest BCUT2D eigenvalue weighted by atomic mass is 79.9. The summed E-state index contributed by atoms with van der Waals surface area (Å²) in [6.07, 6.45) is 1.41. The van der Waals surface area contributed by atoms with Crippen LogP contribution in [0.1, 0.15) is 17.4 Å². The molecule has 7 heteroatoms. The van der Waals surface area contributed by atoms with E-state index in [1.54, 1.807) is 31.2 Å². The maximum Gasteiger partial charge on any atom is 0.358 e. The predicted molar refractivity (Wildman–Crippen MR) is 92.6 cm³/mol. The van der Waals surface area contributed by atoms with E-state index >= 15 is 0 Å². The van der Waals surface area contributed by atoms with E-state index in [2.05, 4.69) is 20.9 Å². The standard InChI is InChI=1S/C18H13BrF2N2O2/c1-2-25-18(24)15-10-23(12-8-6-11(19)7-9-12)17(22-15)16-13(20)4-3-5-14(16)21/h3-10H,2H2,1H3. The molecule has 0 spiro atoms. The third kappa shape index (κ3) is 3.46. The molecule has 0 saturated heterocycles. The van der Waals surface area contributed by atoms with Gasteiger partial charge in [0.2, 0.25) is 0 Å². The summed E-state index contributed by atoms with van der Waals surface area (Å²) >= 11 is 3.33. The van der Waals surface area contributed by atoms with E-state index < -0.39 is 17.6 Å². The van der Waals surface area contributed by atoms with Crippen molar-refractivity contribution in [1.29, 1.82) is 0 Å². The number of aromatic nitrogens is 2. The van der Waals surface area contributed by atoms with Crippen molar-refractivity contribution in [2.45, 2.75) is 6.92 Å². The fourth-order valence-corrected chi connectivity index (χ4v) is 2.63. The van der Waals surface area contributed by atoms with Gasteiger partial charge in [-0.25, -0.2) is 18.6 Å². The average molecular weight is 407 g/mol. The summed E-state index contributed by atoms with van der Waals surface area (Å²) in [5.41, 5.74) is 0.271. The molecule has 0 unspecified atom stereocenters. The fraction of sp³-hybridized carbons (Fsp3) is 0.111. The van der Waals surface area contributed by atoms with Crippen molar-refractivity contribution in [1.82, 2.24) is 9.55 Å². The number of hydrogen-bond donors (Lipinski definition) is 0. The van der Waals surface area contributed by atoms with Crippen LogP contribution < -0.4 is 0 Å². The van der Waals surface area contributed by atoms with Gasteiger partial charge in [0, 0.05) is 16.4 Å². The summed E-state index contributed by atoms with van der Waals surface area (Å²) in [6.45, 7) is 1.84. The number of halogens is 3.